The van der Waals surface area contributed by atoms with Gasteiger partial charge in [-0.15, -0.1) is 0 Å². The van der Waals surface area contributed by atoms with Crippen LogP contribution in [-0.4, -0.2) is 12.2 Å². The second-order valence-electron chi connectivity index (χ2n) is 6.53. The molecule has 17 heavy (non-hydrogen) atoms. The topological polar surface area (TPSA) is 12.5 Å². The second kappa shape index (κ2) is 4.42. The van der Waals surface area contributed by atoms with Gasteiger partial charge in [-0.2, -0.15) is 0 Å². The Morgan fingerprint density at radius 2 is 2.29 bits per heavy atom. The molecule has 1 saturated heterocycles. The molecule has 0 aromatic rings. The molecule has 1 aliphatic heterocycles. The fourth-order valence-corrected chi connectivity index (χ4v) is 4.41. The molecule has 96 valence electrons. The van der Waals surface area contributed by atoms with Gasteiger partial charge >= 0.3 is 0 Å². The summed E-state index contributed by atoms with van der Waals surface area (Å²) in [6.07, 6.45) is 14.8. The molecule has 0 bridgehead atoms. The molecule has 3 fully saturated rings. The van der Waals surface area contributed by atoms with Gasteiger partial charge in [0, 0.05) is 0 Å². The number of hydrogen-bond acceptors (Lipinski definition) is 1. The predicted molar refractivity (Wildman–Crippen MR) is 71.0 cm³/mol. The summed E-state index contributed by atoms with van der Waals surface area (Å²) < 4.78 is 5.82. The maximum absolute atomic E-state index is 5.82. The molecule has 1 heterocycles. The highest BCUT2D eigenvalue weighted by Crippen LogP contribution is 2.55. The molecule has 1 spiro atoms. The first-order valence-electron chi connectivity index (χ1n) is 7.56. The van der Waals surface area contributed by atoms with E-state index < -0.39 is 0 Å². The van der Waals surface area contributed by atoms with Crippen LogP contribution in [0, 0.1) is 11.3 Å². The van der Waals surface area contributed by atoms with Crippen LogP contribution in [0.25, 0.3) is 0 Å². The molecule has 3 aliphatic rings. The summed E-state index contributed by atoms with van der Waals surface area (Å²) in [5, 5.41) is 0. The van der Waals surface area contributed by atoms with Gasteiger partial charge in [0.2, 0.25) is 0 Å². The van der Waals surface area contributed by atoms with Gasteiger partial charge in [-0.05, 0) is 69.6 Å². The lowest BCUT2D eigenvalue weighted by molar-refractivity contribution is 0.215. The average molecular weight is 234 g/mol. The van der Waals surface area contributed by atoms with Crippen LogP contribution in [0.1, 0.15) is 65.2 Å². The SMILES string of the molecule is C/C=C1\CCC[C@@]2(CC[C@@H](C3OC3CC)C2)C1. The van der Waals surface area contributed by atoms with Crippen molar-refractivity contribution in [2.45, 2.75) is 77.4 Å². The molecular formula is C16H26O. The molecule has 1 heteroatoms. The monoisotopic (exact) mass is 234 g/mol. The Kier molecular flexibility index (Phi) is 3.06. The van der Waals surface area contributed by atoms with Gasteiger partial charge in [-0.3, -0.25) is 0 Å². The average Bonchev–Trinajstić information content (AvgIpc) is 3.06. The fourth-order valence-electron chi connectivity index (χ4n) is 4.41. The minimum absolute atomic E-state index is 0.611. The van der Waals surface area contributed by atoms with E-state index in [0.29, 0.717) is 17.6 Å². The first kappa shape index (κ1) is 11.8. The van der Waals surface area contributed by atoms with Crippen LogP contribution in [0.4, 0.5) is 0 Å². The smallest absolute Gasteiger partial charge is 0.0870 e. The molecular weight excluding hydrogens is 208 g/mol. The predicted octanol–water partition coefficient (Wildman–Crippen LogP) is 4.47. The number of allylic oxidation sites excluding steroid dienone is 2. The molecule has 4 atom stereocenters. The van der Waals surface area contributed by atoms with Crippen LogP contribution in [0.15, 0.2) is 11.6 Å². The minimum atomic E-state index is 0.611. The van der Waals surface area contributed by atoms with E-state index in [1.807, 2.05) is 0 Å². The van der Waals surface area contributed by atoms with E-state index in [-0.39, 0.29) is 0 Å². The highest BCUT2D eigenvalue weighted by molar-refractivity contribution is 5.11. The molecule has 3 rings (SSSR count). The molecule has 1 nitrogen and oxygen atoms in total. The number of ether oxygens (including phenoxy) is 1. The largest absolute Gasteiger partial charge is 0.369 e. The van der Waals surface area contributed by atoms with Gasteiger partial charge in [-0.25, -0.2) is 0 Å². The standard InChI is InChI=1S/C16H26O/c1-3-12-6-5-8-16(10-12)9-7-13(11-16)15-14(4-2)17-15/h3,13-15H,4-11H2,1-2H3/b12-3+/t13-,14?,15?,16-/m1/s1. The molecule has 0 N–H and O–H groups in total. The van der Waals surface area contributed by atoms with Crippen molar-refractivity contribution in [3.63, 3.8) is 0 Å². The van der Waals surface area contributed by atoms with Crippen LogP contribution >= 0.6 is 0 Å². The highest BCUT2D eigenvalue weighted by Gasteiger charge is 2.50. The lowest BCUT2D eigenvalue weighted by Crippen LogP contribution is -2.22. The Bertz CT molecular complexity index is 319. The molecule has 0 aromatic heterocycles. The van der Waals surface area contributed by atoms with Gasteiger partial charge in [0.05, 0.1) is 12.2 Å². The molecule has 0 radical (unpaired) electrons. The van der Waals surface area contributed by atoms with Crippen molar-refractivity contribution >= 4 is 0 Å². The number of epoxide rings is 1. The van der Waals surface area contributed by atoms with E-state index in [2.05, 4.69) is 19.9 Å². The van der Waals surface area contributed by atoms with Gasteiger partial charge < -0.3 is 4.74 Å². The van der Waals surface area contributed by atoms with Gasteiger partial charge in [0.15, 0.2) is 0 Å². The quantitative estimate of drug-likeness (QED) is 0.507. The van der Waals surface area contributed by atoms with E-state index in [9.17, 15) is 0 Å². The highest BCUT2D eigenvalue weighted by atomic mass is 16.6. The van der Waals surface area contributed by atoms with Gasteiger partial charge in [0.25, 0.3) is 0 Å². The van der Waals surface area contributed by atoms with Crippen molar-refractivity contribution in [3.8, 4) is 0 Å². The summed E-state index contributed by atoms with van der Waals surface area (Å²) in [6, 6.07) is 0. The molecule has 0 amide bonds. The Labute approximate surface area is 106 Å². The van der Waals surface area contributed by atoms with E-state index in [1.165, 1.54) is 51.4 Å². The lowest BCUT2D eigenvalue weighted by atomic mass is 9.70. The van der Waals surface area contributed by atoms with E-state index >= 15 is 0 Å². The zero-order chi connectivity index (χ0) is 11.9. The summed E-state index contributed by atoms with van der Waals surface area (Å²) in [7, 11) is 0. The third-order valence-electron chi connectivity index (χ3n) is 5.44. The summed E-state index contributed by atoms with van der Waals surface area (Å²) in [5.41, 5.74) is 2.40. The van der Waals surface area contributed by atoms with Crippen LogP contribution in [0.5, 0.6) is 0 Å². The Hall–Kier alpha value is -0.300. The molecule has 2 saturated carbocycles. The third-order valence-corrected chi connectivity index (χ3v) is 5.44. The van der Waals surface area contributed by atoms with Crippen molar-refractivity contribution in [2.24, 2.45) is 11.3 Å². The fraction of sp³-hybridized carbons (Fsp3) is 0.875. The summed E-state index contributed by atoms with van der Waals surface area (Å²) in [4.78, 5) is 0. The van der Waals surface area contributed by atoms with Crippen LogP contribution in [0.3, 0.4) is 0 Å². The van der Waals surface area contributed by atoms with Crippen molar-refractivity contribution in [3.05, 3.63) is 11.6 Å². The third kappa shape index (κ3) is 2.19. The maximum Gasteiger partial charge on any atom is 0.0870 e. The minimum Gasteiger partial charge on any atom is -0.369 e. The van der Waals surface area contributed by atoms with Crippen LogP contribution in [0.2, 0.25) is 0 Å². The van der Waals surface area contributed by atoms with E-state index in [1.54, 1.807) is 5.57 Å². The van der Waals surface area contributed by atoms with Crippen molar-refractivity contribution in [1.29, 1.82) is 0 Å². The Morgan fingerprint density at radius 3 is 3.00 bits per heavy atom. The maximum atomic E-state index is 5.82. The Balaban J connectivity index is 1.62. The van der Waals surface area contributed by atoms with Gasteiger partial charge in [0.1, 0.15) is 0 Å². The second-order valence-corrected chi connectivity index (χ2v) is 6.53. The number of rotatable bonds is 2. The first-order valence-corrected chi connectivity index (χ1v) is 7.56. The summed E-state index contributed by atoms with van der Waals surface area (Å²) in [6.45, 7) is 4.48. The van der Waals surface area contributed by atoms with Crippen molar-refractivity contribution in [2.75, 3.05) is 0 Å². The summed E-state index contributed by atoms with van der Waals surface area (Å²) >= 11 is 0. The zero-order valence-electron chi connectivity index (χ0n) is 11.4. The van der Waals surface area contributed by atoms with Crippen LogP contribution < -0.4 is 0 Å². The normalized spacial score (nSPS) is 47.9. The van der Waals surface area contributed by atoms with Crippen LogP contribution in [-0.2, 0) is 4.74 Å². The van der Waals surface area contributed by atoms with Crippen molar-refractivity contribution in [1.82, 2.24) is 0 Å². The summed E-state index contributed by atoms with van der Waals surface area (Å²) in [5.74, 6) is 0.885. The zero-order valence-corrected chi connectivity index (χ0v) is 11.4. The van der Waals surface area contributed by atoms with E-state index in [4.69, 9.17) is 4.74 Å². The Morgan fingerprint density at radius 1 is 1.41 bits per heavy atom. The number of hydrogen-bond donors (Lipinski definition) is 0. The molecule has 0 aromatic carbocycles. The van der Waals surface area contributed by atoms with Crippen molar-refractivity contribution < 1.29 is 4.74 Å². The lowest BCUT2D eigenvalue weighted by Gasteiger charge is -2.35. The first-order chi connectivity index (χ1) is 8.26. The van der Waals surface area contributed by atoms with Gasteiger partial charge in [-0.1, -0.05) is 18.6 Å². The van der Waals surface area contributed by atoms with E-state index in [0.717, 1.165) is 5.92 Å². The molecule has 2 unspecified atom stereocenters. The molecule has 2 aliphatic carbocycles.